The molecule has 0 aliphatic rings. The van der Waals surface area contributed by atoms with Crippen molar-refractivity contribution in [2.24, 2.45) is 4.99 Å². The molecule has 0 aliphatic heterocycles. The Bertz CT molecular complexity index is 627. The van der Waals surface area contributed by atoms with Crippen LogP contribution in [0.2, 0.25) is 5.02 Å². The van der Waals surface area contributed by atoms with E-state index < -0.39 is 0 Å². The van der Waals surface area contributed by atoms with Gasteiger partial charge in [-0.05, 0) is 25.3 Å². The van der Waals surface area contributed by atoms with Crippen LogP contribution < -0.4 is 0 Å². The van der Waals surface area contributed by atoms with Gasteiger partial charge in [0.05, 0.1) is 6.54 Å². The number of aromatic nitrogens is 1. The lowest BCUT2D eigenvalue weighted by molar-refractivity contribution is 0.405. The van der Waals surface area contributed by atoms with E-state index in [0.717, 1.165) is 28.7 Å². The average Bonchev–Trinajstić information content (AvgIpc) is 2.93. The fraction of sp³-hybridized carbons (Fsp3) is 0.333. The predicted molar refractivity (Wildman–Crippen MR) is 89.9 cm³/mol. The van der Waals surface area contributed by atoms with Gasteiger partial charge in [-0.2, -0.15) is 0 Å². The van der Waals surface area contributed by atoms with E-state index in [1.165, 1.54) is 0 Å². The van der Waals surface area contributed by atoms with Crippen molar-refractivity contribution >= 4 is 28.5 Å². The second kappa shape index (κ2) is 7.52. The lowest BCUT2D eigenvalue weighted by Crippen LogP contribution is -2.23. The minimum absolute atomic E-state index is 0.656. The van der Waals surface area contributed by atoms with Gasteiger partial charge < -0.3 is 9.42 Å². The van der Waals surface area contributed by atoms with Gasteiger partial charge in [0.2, 0.25) is 0 Å². The van der Waals surface area contributed by atoms with E-state index in [0.29, 0.717) is 11.6 Å². The third kappa shape index (κ3) is 4.25. The molecule has 6 heteroatoms. The van der Waals surface area contributed by atoms with Gasteiger partial charge in [0.1, 0.15) is 5.69 Å². The molecule has 0 saturated carbocycles. The highest BCUT2D eigenvalue weighted by Crippen LogP contribution is 2.24. The predicted octanol–water partition coefficient (Wildman–Crippen LogP) is 4.17. The van der Waals surface area contributed by atoms with Crippen molar-refractivity contribution in [2.75, 3.05) is 19.8 Å². The van der Waals surface area contributed by atoms with Crippen LogP contribution in [0.3, 0.4) is 0 Å². The lowest BCUT2D eigenvalue weighted by atomic mass is 10.1. The van der Waals surface area contributed by atoms with Gasteiger partial charge in [-0.3, -0.25) is 4.99 Å². The molecule has 1 heterocycles. The Hall–Kier alpha value is -1.46. The minimum atomic E-state index is 0.656. The Labute approximate surface area is 134 Å². The number of rotatable bonds is 4. The first-order chi connectivity index (χ1) is 10.1. The second-order valence-electron chi connectivity index (χ2n) is 4.51. The highest BCUT2D eigenvalue weighted by atomic mass is 35.5. The Morgan fingerprint density at radius 2 is 2.24 bits per heavy atom. The van der Waals surface area contributed by atoms with Crippen LogP contribution in [-0.2, 0) is 6.54 Å². The molecule has 0 N–H and O–H groups in total. The molecule has 4 nitrogen and oxygen atoms in total. The molecule has 0 radical (unpaired) electrons. The summed E-state index contributed by atoms with van der Waals surface area (Å²) < 4.78 is 5.40. The molecule has 0 atom stereocenters. The first kappa shape index (κ1) is 15.9. The van der Waals surface area contributed by atoms with Gasteiger partial charge in [-0.15, -0.1) is 0 Å². The number of thioether (sulfide) groups is 1. The summed E-state index contributed by atoms with van der Waals surface area (Å²) in [6.45, 7) is 3.45. The maximum atomic E-state index is 5.99. The first-order valence-corrected chi connectivity index (χ1v) is 8.25. The number of amidine groups is 1. The Morgan fingerprint density at radius 1 is 1.43 bits per heavy atom. The largest absolute Gasteiger partial charge is 0.356 e. The van der Waals surface area contributed by atoms with Crippen molar-refractivity contribution in [1.82, 2.24) is 10.1 Å². The van der Waals surface area contributed by atoms with Gasteiger partial charge in [0.25, 0.3) is 0 Å². The summed E-state index contributed by atoms with van der Waals surface area (Å²) >= 11 is 7.62. The fourth-order valence-corrected chi connectivity index (χ4v) is 2.78. The quantitative estimate of drug-likeness (QED) is 0.625. The van der Waals surface area contributed by atoms with Crippen molar-refractivity contribution in [1.29, 1.82) is 0 Å². The summed E-state index contributed by atoms with van der Waals surface area (Å²) in [6, 6.07) is 9.48. The second-order valence-corrected chi connectivity index (χ2v) is 5.72. The zero-order valence-corrected chi connectivity index (χ0v) is 13.9. The Kier molecular flexibility index (Phi) is 5.70. The number of halogens is 1. The van der Waals surface area contributed by atoms with E-state index in [4.69, 9.17) is 16.1 Å². The van der Waals surface area contributed by atoms with E-state index in [1.54, 1.807) is 11.8 Å². The van der Waals surface area contributed by atoms with Gasteiger partial charge in [0.15, 0.2) is 10.9 Å². The van der Waals surface area contributed by atoms with Crippen molar-refractivity contribution in [3.63, 3.8) is 0 Å². The van der Waals surface area contributed by atoms with Crippen LogP contribution >= 0.6 is 23.4 Å². The molecule has 2 rings (SSSR count). The average molecular weight is 324 g/mol. The van der Waals surface area contributed by atoms with E-state index in [-0.39, 0.29) is 0 Å². The maximum absolute atomic E-state index is 5.99. The standard InChI is InChI=1S/C15H18ClN3OS/c1-4-17-15(21-3)19(2)10-13-9-14(20-18-13)11-6-5-7-12(16)8-11/h5-9H,4,10H2,1-3H3/b17-15+. The molecule has 0 bridgehead atoms. The number of aliphatic imine (C=N–C) groups is 1. The highest BCUT2D eigenvalue weighted by Gasteiger charge is 2.11. The summed E-state index contributed by atoms with van der Waals surface area (Å²) in [7, 11) is 2.00. The van der Waals surface area contributed by atoms with E-state index >= 15 is 0 Å². The molecule has 0 aliphatic carbocycles. The normalized spacial score (nSPS) is 11.7. The number of benzene rings is 1. The zero-order valence-electron chi connectivity index (χ0n) is 12.3. The van der Waals surface area contributed by atoms with Gasteiger partial charge in [-0.1, -0.05) is 40.7 Å². The monoisotopic (exact) mass is 323 g/mol. The van der Waals surface area contributed by atoms with Crippen LogP contribution in [-0.4, -0.2) is 35.1 Å². The van der Waals surface area contributed by atoms with Crippen LogP contribution in [0.1, 0.15) is 12.6 Å². The SMILES string of the molecule is CC/N=C(/SC)N(C)Cc1cc(-c2cccc(Cl)c2)on1. The summed E-state index contributed by atoms with van der Waals surface area (Å²) in [4.78, 5) is 6.51. The molecule has 2 aromatic rings. The number of hydrogen-bond donors (Lipinski definition) is 0. The third-order valence-corrected chi connectivity index (χ3v) is 3.91. The molecule has 0 spiro atoms. The minimum Gasteiger partial charge on any atom is -0.356 e. The van der Waals surface area contributed by atoms with Gasteiger partial charge >= 0.3 is 0 Å². The molecule has 112 valence electrons. The third-order valence-electron chi connectivity index (χ3n) is 2.87. The van der Waals surface area contributed by atoms with Crippen molar-refractivity contribution < 1.29 is 4.52 Å². The molecule has 0 fully saturated rings. The summed E-state index contributed by atoms with van der Waals surface area (Å²) in [5, 5.41) is 5.79. The van der Waals surface area contributed by atoms with E-state index in [9.17, 15) is 0 Å². The van der Waals surface area contributed by atoms with Crippen LogP contribution in [0.5, 0.6) is 0 Å². The van der Waals surface area contributed by atoms with E-state index in [1.807, 2.05) is 50.6 Å². The van der Waals surface area contributed by atoms with E-state index in [2.05, 4.69) is 15.0 Å². The first-order valence-electron chi connectivity index (χ1n) is 6.65. The van der Waals surface area contributed by atoms with Crippen molar-refractivity contribution in [3.05, 3.63) is 41.0 Å². The molecule has 0 amide bonds. The Morgan fingerprint density at radius 3 is 2.90 bits per heavy atom. The summed E-state index contributed by atoms with van der Waals surface area (Å²) in [5.74, 6) is 0.721. The molecular formula is C15H18ClN3OS. The number of hydrogen-bond acceptors (Lipinski definition) is 4. The summed E-state index contributed by atoms with van der Waals surface area (Å²) in [5.41, 5.74) is 1.79. The lowest BCUT2D eigenvalue weighted by Gasteiger charge is -2.17. The zero-order chi connectivity index (χ0) is 15.2. The number of nitrogens with zero attached hydrogens (tertiary/aromatic N) is 3. The summed E-state index contributed by atoms with van der Waals surface area (Å²) in [6.07, 6.45) is 2.02. The molecular weight excluding hydrogens is 306 g/mol. The molecule has 0 saturated heterocycles. The van der Waals surface area contributed by atoms with Crippen molar-refractivity contribution in [2.45, 2.75) is 13.5 Å². The van der Waals surface area contributed by atoms with Crippen LogP contribution in [0.25, 0.3) is 11.3 Å². The smallest absolute Gasteiger partial charge is 0.167 e. The fourth-order valence-electron chi connectivity index (χ4n) is 1.95. The van der Waals surface area contributed by atoms with Crippen LogP contribution in [0.4, 0.5) is 0 Å². The van der Waals surface area contributed by atoms with Crippen LogP contribution in [0, 0.1) is 0 Å². The maximum Gasteiger partial charge on any atom is 0.167 e. The Balaban J connectivity index is 2.12. The van der Waals surface area contributed by atoms with Crippen molar-refractivity contribution in [3.8, 4) is 11.3 Å². The molecule has 21 heavy (non-hydrogen) atoms. The highest BCUT2D eigenvalue weighted by molar-refractivity contribution is 8.13. The van der Waals surface area contributed by atoms with Gasteiger partial charge in [-0.25, -0.2) is 0 Å². The molecule has 1 aromatic heterocycles. The molecule has 0 unspecified atom stereocenters. The molecule has 1 aromatic carbocycles. The topological polar surface area (TPSA) is 41.6 Å². The van der Waals surface area contributed by atoms with Gasteiger partial charge in [0, 0.05) is 30.2 Å². The van der Waals surface area contributed by atoms with Crippen LogP contribution in [0.15, 0.2) is 39.8 Å².